The number of hydrogen-bond donors (Lipinski definition) is 1. The Balaban J connectivity index is 1.52. The van der Waals surface area contributed by atoms with Crippen LogP contribution >= 0.6 is 0 Å². The summed E-state index contributed by atoms with van der Waals surface area (Å²) in [6.45, 7) is 2.64. The number of hydrogen-bond acceptors (Lipinski definition) is 3. The number of sulfonamides is 1. The van der Waals surface area contributed by atoms with E-state index in [1.54, 1.807) is 4.31 Å². The Labute approximate surface area is 110 Å². The summed E-state index contributed by atoms with van der Waals surface area (Å²) in [7, 11) is -2.95. The van der Waals surface area contributed by atoms with E-state index in [1.165, 1.54) is 12.8 Å². The molecule has 3 fully saturated rings. The minimum absolute atomic E-state index is 0.402. The molecule has 0 radical (unpaired) electrons. The monoisotopic (exact) mass is 272 g/mol. The molecule has 0 spiro atoms. The normalized spacial score (nSPS) is 31.9. The van der Waals surface area contributed by atoms with Crippen molar-refractivity contribution >= 4 is 10.0 Å². The van der Waals surface area contributed by atoms with Crippen LogP contribution in [0.15, 0.2) is 0 Å². The molecule has 0 aromatic carbocycles. The van der Waals surface area contributed by atoms with E-state index in [-0.39, 0.29) is 0 Å². The van der Waals surface area contributed by atoms with Gasteiger partial charge in [-0.05, 0) is 56.9 Å². The summed E-state index contributed by atoms with van der Waals surface area (Å²) in [5, 5.41) is 3.55. The highest BCUT2D eigenvalue weighted by Gasteiger charge is 2.35. The third-order valence-electron chi connectivity index (χ3n) is 4.70. The van der Waals surface area contributed by atoms with Crippen molar-refractivity contribution in [3.8, 4) is 0 Å². The van der Waals surface area contributed by atoms with Gasteiger partial charge in [0.1, 0.15) is 0 Å². The maximum Gasteiger partial charge on any atom is 0.214 e. The Morgan fingerprint density at radius 2 is 1.78 bits per heavy atom. The Bertz CT molecular complexity index is 378. The van der Waals surface area contributed by atoms with Gasteiger partial charge >= 0.3 is 0 Å². The second-order valence-electron chi connectivity index (χ2n) is 6.16. The lowest BCUT2D eigenvalue weighted by molar-refractivity contribution is 0.234. The highest BCUT2D eigenvalue weighted by atomic mass is 32.2. The lowest BCUT2D eigenvalue weighted by Gasteiger charge is -2.34. The third kappa shape index (κ3) is 2.89. The summed E-state index contributed by atoms with van der Waals surface area (Å²) >= 11 is 0. The largest absolute Gasteiger partial charge is 0.314 e. The molecule has 1 N–H and O–H groups in total. The Morgan fingerprint density at radius 3 is 2.33 bits per heavy atom. The molecule has 0 aromatic heterocycles. The van der Waals surface area contributed by atoms with Crippen LogP contribution in [0.5, 0.6) is 0 Å². The van der Waals surface area contributed by atoms with E-state index in [0.29, 0.717) is 23.6 Å². The van der Waals surface area contributed by atoms with Crippen LogP contribution in [-0.4, -0.2) is 44.2 Å². The Morgan fingerprint density at radius 1 is 1.06 bits per heavy atom. The molecule has 3 rings (SSSR count). The SMILES string of the molecule is O=S(=O)(CC1CC1)N1CCC(C2CCCN2)CC1. The van der Waals surface area contributed by atoms with E-state index < -0.39 is 10.0 Å². The maximum atomic E-state index is 12.2. The summed E-state index contributed by atoms with van der Waals surface area (Å²) in [4.78, 5) is 0. The Hall–Kier alpha value is -0.130. The van der Waals surface area contributed by atoms with E-state index in [2.05, 4.69) is 5.32 Å². The molecule has 3 aliphatic rings. The van der Waals surface area contributed by atoms with Gasteiger partial charge in [0.2, 0.25) is 10.0 Å². The minimum atomic E-state index is -2.95. The zero-order valence-corrected chi connectivity index (χ0v) is 11.8. The smallest absolute Gasteiger partial charge is 0.214 e. The predicted molar refractivity (Wildman–Crippen MR) is 71.8 cm³/mol. The standard InChI is InChI=1S/C13H24N2O2S/c16-18(17,10-11-3-4-11)15-8-5-12(6-9-15)13-2-1-7-14-13/h11-14H,1-10H2. The maximum absolute atomic E-state index is 12.2. The third-order valence-corrected chi connectivity index (χ3v) is 6.75. The van der Waals surface area contributed by atoms with Crippen LogP contribution in [0, 0.1) is 11.8 Å². The average molecular weight is 272 g/mol. The van der Waals surface area contributed by atoms with Crippen molar-refractivity contribution in [1.29, 1.82) is 0 Å². The fourth-order valence-corrected chi connectivity index (χ4v) is 5.26. The van der Waals surface area contributed by atoms with Gasteiger partial charge < -0.3 is 5.32 Å². The molecule has 0 amide bonds. The molecule has 104 valence electrons. The topological polar surface area (TPSA) is 49.4 Å². The summed E-state index contributed by atoms with van der Waals surface area (Å²) in [5.41, 5.74) is 0. The zero-order chi connectivity index (χ0) is 12.6. The molecule has 2 heterocycles. The van der Waals surface area contributed by atoms with Crippen LogP contribution in [0.3, 0.4) is 0 Å². The van der Waals surface area contributed by atoms with Crippen LogP contribution in [0.25, 0.3) is 0 Å². The molecule has 1 atom stereocenters. The number of piperidine rings is 1. The number of rotatable bonds is 4. The molecular weight excluding hydrogens is 248 g/mol. The predicted octanol–water partition coefficient (Wildman–Crippen LogP) is 1.19. The fourth-order valence-electron chi connectivity index (χ4n) is 3.36. The molecule has 1 aliphatic carbocycles. The van der Waals surface area contributed by atoms with Gasteiger partial charge in [0.15, 0.2) is 0 Å². The van der Waals surface area contributed by atoms with Gasteiger partial charge in [-0.2, -0.15) is 0 Å². The highest BCUT2D eigenvalue weighted by molar-refractivity contribution is 7.89. The van der Waals surface area contributed by atoms with Gasteiger partial charge in [-0.1, -0.05) is 0 Å². The zero-order valence-electron chi connectivity index (χ0n) is 11.0. The van der Waals surface area contributed by atoms with Gasteiger partial charge in [0.05, 0.1) is 5.75 Å². The van der Waals surface area contributed by atoms with Gasteiger partial charge in [-0.3, -0.25) is 0 Å². The quantitative estimate of drug-likeness (QED) is 0.836. The molecule has 2 saturated heterocycles. The van der Waals surface area contributed by atoms with Gasteiger partial charge in [-0.15, -0.1) is 0 Å². The van der Waals surface area contributed by atoms with Crippen molar-refractivity contribution in [2.45, 2.75) is 44.6 Å². The van der Waals surface area contributed by atoms with Crippen molar-refractivity contribution in [3.63, 3.8) is 0 Å². The summed E-state index contributed by atoms with van der Waals surface area (Å²) in [5.74, 6) is 1.56. The van der Waals surface area contributed by atoms with Gasteiger partial charge in [-0.25, -0.2) is 12.7 Å². The van der Waals surface area contributed by atoms with Gasteiger partial charge in [0, 0.05) is 19.1 Å². The fraction of sp³-hybridized carbons (Fsp3) is 1.00. The molecule has 1 saturated carbocycles. The van der Waals surface area contributed by atoms with Crippen LogP contribution < -0.4 is 5.32 Å². The lowest BCUT2D eigenvalue weighted by Crippen LogP contribution is -2.44. The van der Waals surface area contributed by atoms with E-state index in [0.717, 1.165) is 45.3 Å². The highest BCUT2D eigenvalue weighted by Crippen LogP contribution is 2.33. The summed E-state index contributed by atoms with van der Waals surface area (Å²) in [6.07, 6.45) is 6.87. The first-order chi connectivity index (χ1) is 8.65. The molecule has 4 nitrogen and oxygen atoms in total. The van der Waals surface area contributed by atoms with Crippen LogP contribution in [0.1, 0.15) is 38.5 Å². The second-order valence-corrected chi connectivity index (χ2v) is 8.17. The molecule has 18 heavy (non-hydrogen) atoms. The van der Waals surface area contributed by atoms with Crippen LogP contribution in [-0.2, 0) is 10.0 Å². The second kappa shape index (κ2) is 5.10. The molecule has 5 heteroatoms. The van der Waals surface area contributed by atoms with Crippen molar-refractivity contribution in [2.24, 2.45) is 11.8 Å². The van der Waals surface area contributed by atoms with Crippen molar-refractivity contribution in [2.75, 3.05) is 25.4 Å². The summed E-state index contributed by atoms with van der Waals surface area (Å²) in [6, 6.07) is 0.651. The number of nitrogens with zero attached hydrogens (tertiary/aromatic N) is 1. The van der Waals surface area contributed by atoms with Crippen molar-refractivity contribution in [3.05, 3.63) is 0 Å². The first-order valence-corrected chi connectivity index (χ1v) is 8.97. The van der Waals surface area contributed by atoms with E-state index >= 15 is 0 Å². The van der Waals surface area contributed by atoms with Crippen molar-refractivity contribution in [1.82, 2.24) is 9.62 Å². The molecular formula is C13H24N2O2S. The molecule has 0 aromatic rings. The summed E-state index contributed by atoms with van der Waals surface area (Å²) < 4.78 is 26.1. The van der Waals surface area contributed by atoms with Gasteiger partial charge in [0.25, 0.3) is 0 Å². The Kier molecular flexibility index (Phi) is 3.65. The van der Waals surface area contributed by atoms with E-state index in [1.807, 2.05) is 0 Å². The lowest BCUT2D eigenvalue weighted by atomic mass is 9.89. The molecule has 2 aliphatic heterocycles. The molecule has 0 bridgehead atoms. The van der Waals surface area contributed by atoms with Crippen molar-refractivity contribution < 1.29 is 8.42 Å². The first-order valence-electron chi connectivity index (χ1n) is 7.36. The van der Waals surface area contributed by atoms with Crippen LogP contribution in [0.2, 0.25) is 0 Å². The van der Waals surface area contributed by atoms with E-state index in [9.17, 15) is 8.42 Å². The average Bonchev–Trinajstić information content (AvgIpc) is 2.99. The number of nitrogens with one attached hydrogen (secondary N) is 1. The van der Waals surface area contributed by atoms with Crippen LogP contribution in [0.4, 0.5) is 0 Å². The minimum Gasteiger partial charge on any atom is -0.314 e. The van der Waals surface area contributed by atoms with E-state index in [4.69, 9.17) is 0 Å². The molecule has 1 unspecified atom stereocenters. The first kappa shape index (κ1) is 12.9.